The molecule has 0 saturated carbocycles. The van der Waals surface area contributed by atoms with E-state index in [0.29, 0.717) is 26.1 Å². The second kappa shape index (κ2) is 6.50. The van der Waals surface area contributed by atoms with Gasteiger partial charge in [0.2, 0.25) is 5.91 Å². The number of aromatic nitrogens is 2. The zero-order valence-electron chi connectivity index (χ0n) is 13.8. The van der Waals surface area contributed by atoms with Crippen molar-refractivity contribution in [3.8, 4) is 6.07 Å². The average Bonchev–Trinajstić information content (AvgIpc) is 3.17. The molecule has 3 heterocycles. The normalized spacial score (nSPS) is 14.0. The van der Waals surface area contributed by atoms with Gasteiger partial charge in [-0.15, -0.1) is 11.3 Å². The lowest BCUT2D eigenvalue weighted by atomic mass is 10.1. The number of thiophene rings is 1. The molecule has 1 N–H and O–H groups in total. The lowest BCUT2D eigenvalue weighted by Gasteiger charge is -2.25. The molecule has 1 aliphatic heterocycles. The van der Waals surface area contributed by atoms with Crippen molar-refractivity contribution in [1.82, 2.24) is 14.7 Å². The van der Waals surface area contributed by atoms with E-state index >= 15 is 0 Å². The van der Waals surface area contributed by atoms with Crippen molar-refractivity contribution in [3.63, 3.8) is 0 Å². The molecular weight excluding hydrogens is 362 g/mol. The molecule has 2 aromatic rings. The fourth-order valence-electron chi connectivity index (χ4n) is 2.70. The summed E-state index contributed by atoms with van der Waals surface area (Å²) in [6.45, 7) is 4.77. The van der Waals surface area contributed by atoms with Gasteiger partial charge in [0.1, 0.15) is 15.8 Å². The maximum atomic E-state index is 12.7. The first-order valence-corrected chi connectivity index (χ1v) is 10.0. The van der Waals surface area contributed by atoms with Crippen molar-refractivity contribution in [2.45, 2.75) is 37.6 Å². The number of nitrogens with one attached hydrogen (secondary N) is 1. The summed E-state index contributed by atoms with van der Waals surface area (Å²) < 4.78 is 29.6. The Morgan fingerprint density at radius 2 is 2.28 bits per heavy atom. The highest BCUT2D eigenvalue weighted by Gasteiger charge is 2.26. The van der Waals surface area contributed by atoms with E-state index < -0.39 is 10.0 Å². The Morgan fingerprint density at radius 1 is 1.52 bits per heavy atom. The first-order chi connectivity index (χ1) is 11.9. The molecule has 8 nitrogen and oxygen atoms in total. The number of amides is 1. The first-order valence-electron chi connectivity index (χ1n) is 7.71. The highest BCUT2D eigenvalue weighted by atomic mass is 32.2. The molecule has 1 aliphatic rings. The van der Waals surface area contributed by atoms with Gasteiger partial charge in [0, 0.05) is 31.4 Å². The number of rotatable bonds is 4. The van der Waals surface area contributed by atoms with Gasteiger partial charge in [-0.25, -0.2) is 13.1 Å². The van der Waals surface area contributed by atoms with Crippen LogP contribution in [0.15, 0.2) is 16.5 Å². The molecule has 0 aliphatic carbocycles. The van der Waals surface area contributed by atoms with Gasteiger partial charge >= 0.3 is 0 Å². The quantitative estimate of drug-likeness (QED) is 0.867. The third-order valence-electron chi connectivity index (χ3n) is 4.04. The number of carbonyl (C=O) groups excluding carboxylic acids is 1. The Hall–Kier alpha value is -2.38. The Morgan fingerprint density at radius 3 is 2.92 bits per heavy atom. The van der Waals surface area contributed by atoms with Crippen LogP contribution in [0.25, 0.3) is 0 Å². The van der Waals surface area contributed by atoms with Gasteiger partial charge in [-0.2, -0.15) is 10.4 Å². The predicted molar refractivity (Wildman–Crippen MR) is 92.5 cm³/mol. The summed E-state index contributed by atoms with van der Waals surface area (Å²) in [5, 5.41) is 13.1. The van der Waals surface area contributed by atoms with E-state index in [4.69, 9.17) is 5.26 Å². The van der Waals surface area contributed by atoms with Crippen LogP contribution in [-0.2, 0) is 34.3 Å². The van der Waals surface area contributed by atoms with Gasteiger partial charge in [-0.1, -0.05) is 0 Å². The van der Waals surface area contributed by atoms with Crippen LogP contribution in [0.4, 0.5) is 5.82 Å². The van der Waals surface area contributed by atoms with Gasteiger partial charge in [-0.05, 0) is 25.0 Å². The number of anilines is 1. The molecule has 0 radical (unpaired) electrons. The van der Waals surface area contributed by atoms with Gasteiger partial charge in [-0.3, -0.25) is 9.52 Å². The largest absolute Gasteiger partial charge is 0.338 e. The molecule has 0 saturated heterocycles. The van der Waals surface area contributed by atoms with Crippen LogP contribution < -0.4 is 4.72 Å². The highest BCUT2D eigenvalue weighted by molar-refractivity contribution is 7.94. The fourth-order valence-corrected chi connectivity index (χ4v) is 5.32. The van der Waals surface area contributed by atoms with Crippen LogP contribution in [-0.4, -0.2) is 35.6 Å². The lowest BCUT2D eigenvalue weighted by Crippen LogP contribution is -2.33. The third kappa shape index (κ3) is 3.25. The zero-order chi connectivity index (χ0) is 18.2. The Bertz CT molecular complexity index is 968. The monoisotopic (exact) mass is 379 g/mol. The maximum Gasteiger partial charge on any atom is 0.272 e. The van der Waals surface area contributed by atoms with Crippen LogP contribution in [0.5, 0.6) is 0 Å². The van der Waals surface area contributed by atoms with Crippen molar-refractivity contribution in [2.24, 2.45) is 0 Å². The number of hydrogen-bond acceptors (Lipinski definition) is 6. The minimum absolute atomic E-state index is 0.0232. The molecule has 2 aromatic heterocycles. The number of hydrogen-bond donors (Lipinski definition) is 1. The van der Waals surface area contributed by atoms with E-state index in [0.717, 1.165) is 10.4 Å². The highest BCUT2D eigenvalue weighted by Crippen LogP contribution is 2.32. The van der Waals surface area contributed by atoms with E-state index in [1.165, 1.54) is 29.1 Å². The molecule has 25 heavy (non-hydrogen) atoms. The summed E-state index contributed by atoms with van der Waals surface area (Å²) in [6, 6.07) is 3.55. The second-order valence-electron chi connectivity index (χ2n) is 5.64. The van der Waals surface area contributed by atoms with Gasteiger partial charge in [0.15, 0.2) is 5.82 Å². The summed E-state index contributed by atoms with van der Waals surface area (Å²) >= 11 is 1.20. The minimum atomic E-state index is -3.83. The minimum Gasteiger partial charge on any atom is -0.338 e. The smallest absolute Gasteiger partial charge is 0.272 e. The van der Waals surface area contributed by atoms with E-state index in [9.17, 15) is 13.2 Å². The average molecular weight is 379 g/mol. The second-order valence-corrected chi connectivity index (χ2v) is 8.69. The molecule has 0 fully saturated rings. The van der Waals surface area contributed by atoms with Gasteiger partial charge in [0.25, 0.3) is 10.0 Å². The van der Waals surface area contributed by atoms with E-state index in [1.54, 1.807) is 11.0 Å². The standard InChI is InChI=1S/C15H17N5O3S2/c1-3-20-15(12(7-16)8-17-20)18-25(22,23)14-6-11-9-19(10(2)21)5-4-13(11)24-14/h6,8,18H,3-5,9H2,1-2H3. The van der Waals surface area contributed by atoms with Crippen molar-refractivity contribution in [2.75, 3.05) is 11.3 Å². The summed E-state index contributed by atoms with van der Waals surface area (Å²) in [6.07, 6.45) is 1.98. The third-order valence-corrected chi connectivity index (χ3v) is 7.09. The number of aryl methyl sites for hydroxylation is 1. The van der Waals surface area contributed by atoms with Gasteiger partial charge < -0.3 is 4.90 Å². The Kier molecular flexibility index (Phi) is 4.53. The van der Waals surface area contributed by atoms with Crippen LogP contribution in [0, 0.1) is 11.3 Å². The molecule has 0 aromatic carbocycles. The van der Waals surface area contributed by atoms with Crippen LogP contribution in [0.1, 0.15) is 29.9 Å². The molecule has 0 bridgehead atoms. The Labute approximate surface area is 149 Å². The SMILES string of the molecule is CCn1ncc(C#N)c1NS(=O)(=O)c1cc2c(s1)CCN(C(C)=O)C2. The van der Waals surface area contributed by atoms with Crippen LogP contribution in [0.3, 0.4) is 0 Å². The summed E-state index contributed by atoms with van der Waals surface area (Å²) in [5.41, 5.74) is 1.03. The van der Waals surface area contributed by atoms with E-state index in [1.807, 2.05) is 13.0 Å². The fraction of sp³-hybridized carbons (Fsp3) is 0.400. The number of sulfonamides is 1. The molecule has 0 spiro atoms. The number of nitriles is 1. The molecule has 1 amide bonds. The van der Waals surface area contributed by atoms with Crippen molar-refractivity contribution < 1.29 is 13.2 Å². The van der Waals surface area contributed by atoms with E-state index in [-0.39, 0.29) is 21.5 Å². The number of carbonyl (C=O) groups is 1. The lowest BCUT2D eigenvalue weighted by molar-refractivity contribution is -0.129. The molecule has 0 unspecified atom stereocenters. The molecule has 132 valence electrons. The summed E-state index contributed by atoms with van der Waals surface area (Å²) in [7, 11) is -3.83. The van der Waals surface area contributed by atoms with Crippen molar-refractivity contribution >= 4 is 33.1 Å². The first kappa shape index (κ1) is 17.4. The van der Waals surface area contributed by atoms with Crippen LogP contribution >= 0.6 is 11.3 Å². The molecule has 3 rings (SSSR count). The van der Waals surface area contributed by atoms with Crippen molar-refractivity contribution in [3.05, 3.63) is 28.3 Å². The van der Waals surface area contributed by atoms with Crippen molar-refractivity contribution in [1.29, 1.82) is 5.26 Å². The zero-order valence-corrected chi connectivity index (χ0v) is 15.4. The van der Waals surface area contributed by atoms with E-state index in [2.05, 4.69) is 9.82 Å². The Balaban J connectivity index is 1.91. The predicted octanol–water partition coefficient (Wildman–Crippen LogP) is 1.54. The molecule has 10 heteroatoms. The summed E-state index contributed by atoms with van der Waals surface area (Å²) in [5.74, 6) is 0.145. The van der Waals surface area contributed by atoms with Crippen LogP contribution in [0.2, 0.25) is 0 Å². The topological polar surface area (TPSA) is 108 Å². The maximum absolute atomic E-state index is 12.7. The number of nitrogens with zero attached hydrogens (tertiary/aromatic N) is 4. The number of fused-ring (bicyclic) bond motifs is 1. The molecule has 0 atom stereocenters. The molecular formula is C15H17N5O3S2. The summed E-state index contributed by atoms with van der Waals surface area (Å²) in [4.78, 5) is 14.2. The van der Waals surface area contributed by atoms with Gasteiger partial charge in [0.05, 0.1) is 6.20 Å².